The van der Waals surface area contributed by atoms with Gasteiger partial charge in [0.15, 0.2) is 0 Å². The number of hydrogen-bond acceptors (Lipinski definition) is 7. The molecule has 9 heteroatoms. The van der Waals surface area contributed by atoms with Crippen LogP contribution in [0.1, 0.15) is 18.9 Å². The summed E-state index contributed by atoms with van der Waals surface area (Å²) in [6.45, 7) is 2.53. The molecule has 1 unspecified atom stereocenters. The maximum atomic E-state index is 10.8. The Morgan fingerprint density at radius 2 is 2.06 bits per heavy atom. The Morgan fingerprint density at radius 1 is 1.35 bits per heavy atom. The number of sulfonamides is 1. The van der Waals surface area contributed by atoms with Gasteiger partial charge in [-0.3, -0.25) is 0 Å². The highest BCUT2D eigenvalue weighted by Crippen LogP contribution is 2.12. The molecule has 17 heavy (non-hydrogen) atoms. The van der Waals surface area contributed by atoms with Crippen molar-refractivity contribution < 1.29 is 12.8 Å². The van der Waals surface area contributed by atoms with E-state index in [-0.39, 0.29) is 18.6 Å². The molecule has 0 spiro atoms. The third kappa shape index (κ3) is 5.11. The van der Waals surface area contributed by atoms with Gasteiger partial charge in [0.2, 0.25) is 15.9 Å². The normalized spacial score (nSPS) is 13.6. The Bertz CT molecular complexity index is 444. The fourth-order valence-corrected chi connectivity index (χ4v) is 1.48. The molecule has 3 N–H and O–H groups in total. The zero-order chi connectivity index (χ0) is 12.9. The molecule has 1 aromatic rings. The van der Waals surface area contributed by atoms with Crippen LogP contribution < -0.4 is 15.4 Å². The summed E-state index contributed by atoms with van der Waals surface area (Å²) in [4.78, 5) is 0. The van der Waals surface area contributed by atoms with Crippen LogP contribution >= 0.6 is 0 Å². The second kappa shape index (κ2) is 5.94. The van der Waals surface area contributed by atoms with Gasteiger partial charge in [-0.15, -0.1) is 5.10 Å². The van der Waals surface area contributed by atoms with Crippen LogP contribution in [0, 0.1) is 0 Å². The largest absolute Gasteiger partial charge is 0.406 e. The van der Waals surface area contributed by atoms with Crippen LogP contribution in [0.2, 0.25) is 0 Å². The quantitative estimate of drug-likeness (QED) is 0.559. The molecular weight excluding hydrogens is 246 g/mol. The fraction of sp³-hybridized carbons (Fsp3) is 0.750. The molecule has 8 nitrogen and oxygen atoms in total. The molecule has 0 fully saturated rings. The van der Waals surface area contributed by atoms with Gasteiger partial charge in [0.1, 0.15) is 0 Å². The summed E-state index contributed by atoms with van der Waals surface area (Å²) >= 11 is 0. The number of rotatable bonds is 7. The molecule has 0 amide bonds. The minimum absolute atomic E-state index is 0.0211. The summed E-state index contributed by atoms with van der Waals surface area (Å²) < 4.78 is 29.2. The van der Waals surface area contributed by atoms with Gasteiger partial charge in [0.25, 0.3) is 0 Å². The lowest BCUT2D eigenvalue weighted by Gasteiger charge is -2.03. The zero-order valence-electron chi connectivity index (χ0n) is 10.0. The van der Waals surface area contributed by atoms with E-state index < -0.39 is 10.0 Å². The standard InChI is InChI=1S/C8H17N5O3S/c1-6(9-2)7-12-13-8(16-7)10-4-5-11-17(3,14)15/h6,9,11H,4-5H2,1-3H3,(H,10,13). The van der Waals surface area contributed by atoms with Crippen molar-refractivity contribution in [3.05, 3.63) is 5.89 Å². The molecule has 0 saturated carbocycles. The van der Waals surface area contributed by atoms with Crippen molar-refractivity contribution in [2.45, 2.75) is 13.0 Å². The number of hydrogen-bond donors (Lipinski definition) is 3. The molecule has 0 bridgehead atoms. The van der Waals surface area contributed by atoms with E-state index in [1.54, 1.807) is 7.05 Å². The lowest BCUT2D eigenvalue weighted by atomic mass is 10.3. The monoisotopic (exact) mass is 263 g/mol. The van der Waals surface area contributed by atoms with Crippen LogP contribution in [-0.2, 0) is 10.0 Å². The zero-order valence-corrected chi connectivity index (χ0v) is 10.8. The first-order valence-corrected chi connectivity index (χ1v) is 7.00. The van der Waals surface area contributed by atoms with Crippen LogP contribution in [-0.4, -0.2) is 45.0 Å². The Labute approximate surface area is 100 Å². The number of nitrogens with one attached hydrogen (secondary N) is 3. The molecular formula is C8H17N5O3S. The molecule has 0 aromatic carbocycles. The molecule has 0 saturated heterocycles. The van der Waals surface area contributed by atoms with E-state index in [2.05, 4.69) is 25.6 Å². The van der Waals surface area contributed by atoms with Crippen molar-refractivity contribution in [3.63, 3.8) is 0 Å². The molecule has 0 radical (unpaired) electrons. The van der Waals surface area contributed by atoms with Gasteiger partial charge < -0.3 is 15.1 Å². The summed E-state index contributed by atoms with van der Waals surface area (Å²) in [7, 11) is -1.37. The lowest BCUT2D eigenvalue weighted by Crippen LogP contribution is -2.27. The summed E-state index contributed by atoms with van der Waals surface area (Å²) in [5.74, 6) is 0.478. The van der Waals surface area contributed by atoms with Crippen LogP contribution in [0.3, 0.4) is 0 Å². The predicted octanol–water partition coefficient (Wildman–Crippen LogP) is -0.689. The van der Waals surface area contributed by atoms with E-state index in [4.69, 9.17) is 4.42 Å². The van der Waals surface area contributed by atoms with Crippen molar-refractivity contribution in [3.8, 4) is 0 Å². The smallest absolute Gasteiger partial charge is 0.315 e. The average Bonchev–Trinajstić information content (AvgIpc) is 2.70. The highest BCUT2D eigenvalue weighted by Gasteiger charge is 2.11. The number of nitrogens with zero attached hydrogens (tertiary/aromatic N) is 2. The van der Waals surface area contributed by atoms with Crippen LogP contribution in [0.4, 0.5) is 6.01 Å². The van der Waals surface area contributed by atoms with Gasteiger partial charge in [0, 0.05) is 13.1 Å². The Hall–Kier alpha value is -1.19. The molecule has 1 aromatic heterocycles. The molecule has 1 rings (SSSR count). The lowest BCUT2D eigenvalue weighted by molar-refractivity contribution is 0.441. The Kier molecular flexibility index (Phi) is 4.85. The Morgan fingerprint density at radius 3 is 2.65 bits per heavy atom. The minimum Gasteiger partial charge on any atom is -0.406 e. The second-order valence-electron chi connectivity index (χ2n) is 3.55. The van der Waals surface area contributed by atoms with Crippen molar-refractivity contribution in [2.75, 3.05) is 31.7 Å². The Balaban J connectivity index is 2.35. The average molecular weight is 263 g/mol. The molecule has 1 atom stereocenters. The molecule has 0 aliphatic heterocycles. The van der Waals surface area contributed by atoms with Gasteiger partial charge >= 0.3 is 6.01 Å². The molecule has 1 heterocycles. The van der Waals surface area contributed by atoms with Crippen molar-refractivity contribution >= 4 is 16.0 Å². The predicted molar refractivity (Wildman–Crippen MR) is 63.1 cm³/mol. The first kappa shape index (κ1) is 13.9. The van der Waals surface area contributed by atoms with E-state index >= 15 is 0 Å². The van der Waals surface area contributed by atoms with Gasteiger partial charge in [-0.1, -0.05) is 5.10 Å². The van der Waals surface area contributed by atoms with Gasteiger partial charge in [-0.2, -0.15) is 0 Å². The molecule has 0 aliphatic carbocycles. The van der Waals surface area contributed by atoms with E-state index in [0.29, 0.717) is 12.4 Å². The van der Waals surface area contributed by atoms with E-state index in [0.717, 1.165) is 6.26 Å². The third-order valence-corrected chi connectivity index (χ3v) is 2.74. The van der Waals surface area contributed by atoms with Gasteiger partial charge in [0.05, 0.1) is 12.3 Å². The highest BCUT2D eigenvalue weighted by atomic mass is 32.2. The van der Waals surface area contributed by atoms with Gasteiger partial charge in [-0.25, -0.2) is 13.1 Å². The van der Waals surface area contributed by atoms with Crippen LogP contribution in [0.5, 0.6) is 0 Å². The second-order valence-corrected chi connectivity index (χ2v) is 5.38. The minimum atomic E-state index is -3.16. The topological polar surface area (TPSA) is 109 Å². The molecule has 98 valence electrons. The first-order chi connectivity index (χ1) is 7.92. The number of anilines is 1. The summed E-state index contributed by atoms with van der Waals surface area (Å²) in [6.07, 6.45) is 1.10. The van der Waals surface area contributed by atoms with Crippen LogP contribution in [0.15, 0.2) is 4.42 Å². The fourth-order valence-electron chi connectivity index (χ4n) is 1.01. The maximum Gasteiger partial charge on any atom is 0.315 e. The highest BCUT2D eigenvalue weighted by molar-refractivity contribution is 7.88. The van der Waals surface area contributed by atoms with Crippen molar-refractivity contribution in [1.82, 2.24) is 20.2 Å². The van der Waals surface area contributed by atoms with Gasteiger partial charge in [-0.05, 0) is 14.0 Å². The maximum absolute atomic E-state index is 10.8. The first-order valence-electron chi connectivity index (χ1n) is 5.11. The van der Waals surface area contributed by atoms with Crippen molar-refractivity contribution in [1.29, 1.82) is 0 Å². The van der Waals surface area contributed by atoms with E-state index in [9.17, 15) is 8.42 Å². The summed E-state index contributed by atoms with van der Waals surface area (Å²) in [6, 6.07) is 0.254. The van der Waals surface area contributed by atoms with Crippen molar-refractivity contribution in [2.24, 2.45) is 0 Å². The van der Waals surface area contributed by atoms with E-state index in [1.807, 2.05) is 6.92 Å². The van der Waals surface area contributed by atoms with Crippen LogP contribution in [0.25, 0.3) is 0 Å². The number of aromatic nitrogens is 2. The molecule has 0 aliphatic rings. The summed E-state index contributed by atoms with van der Waals surface area (Å²) in [5, 5.41) is 13.4. The van der Waals surface area contributed by atoms with E-state index in [1.165, 1.54) is 0 Å². The summed E-state index contributed by atoms with van der Waals surface area (Å²) in [5.41, 5.74) is 0. The third-order valence-electron chi connectivity index (χ3n) is 2.01. The SMILES string of the molecule is CNC(C)c1nnc(NCCNS(C)(=O)=O)o1.